The topological polar surface area (TPSA) is 20.3 Å². The van der Waals surface area contributed by atoms with Gasteiger partial charge in [0.05, 0.1) is 0 Å². The second-order valence-corrected chi connectivity index (χ2v) is 7.04. The summed E-state index contributed by atoms with van der Waals surface area (Å²) < 4.78 is 0. The summed E-state index contributed by atoms with van der Waals surface area (Å²) in [5, 5.41) is 0.285. The molecule has 1 atom stereocenters. The van der Waals surface area contributed by atoms with Crippen molar-refractivity contribution in [2.75, 3.05) is 5.75 Å². The van der Waals surface area contributed by atoms with Crippen molar-refractivity contribution in [1.82, 2.24) is 4.90 Å². The molecule has 0 saturated carbocycles. The first-order chi connectivity index (χ1) is 10.3. The molecule has 2 nitrogen and oxygen atoms in total. The Balaban J connectivity index is 1.82. The van der Waals surface area contributed by atoms with E-state index in [4.69, 9.17) is 0 Å². The molecule has 3 rings (SSSR count). The van der Waals surface area contributed by atoms with Crippen LogP contribution < -0.4 is 0 Å². The van der Waals surface area contributed by atoms with Gasteiger partial charge in [-0.25, -0.2) is 0 Å². The molecular weight excluding hydrogens is 278 g/mol. The minimum atomic E-state index is 0.285. The lowest BCUT2D eigenvalue weighted by molar-refractivity contribution is -0.126. The van der Waals surface area contributed by atoms with Gasteiger partial charge in [-0.2, -0.15) is 0 Å². The predicted molar refractivity (Wildman–Crippen MR) is 89.0 cm³/mol. The molecule has 0 fully saturated rings. The van der Waals surface area contributed by atoms with Gasteiger partial charge in [0, 0.05) is 12.1 Å². The van der Waals surface area contributed by atoms with Gasteiger partial charge in [-0.3, -0.25) is 4.79 Å². The maximum atomic E-state index is 12.8. The number of rotatable bonds is 5. The van der Waals surface area contributed by atoms with E-state index in [1.807, 2.05) is 17.8 Å². The van der Waals surface area contributed by atoms with Crippen LogP contribution in [0.3, 0.4) is 0 Å². The van der Waals surface area contributed by atoms with Crippen LogP contribution in [0.1, 0.15) is 44.6 Å². The van der Waals surface area contributed by atoms with E-state index in [-0.39, 0.29) is 5.37 Å². The first kappa shape index (κ1) is 14.7. The summed E-state index contributed by atoms with van der Waals surface area (Å²) in [6, 6.07) is 10.4. The normalized spacial score (nSPS) is 21.9. The van der Waals surface area contributed by atoms with E-state index in [0.717, 1.165) is 37.1 Å². The first-order valence-electron chi connectivity index (χ1n) is 7.99. The Morgan fingerprint density at radius 3 is 2.71 bits per heavy atom. The lowest BCUT2D eigenvalue weighted by Gasteiger charge is -2.27. The smallest absolute Gasteiger partial charge is 0.251 e. The molecule has 2 aliphatic rings. The molecule has 0 spiro atoms. The van der Waals surface area contributed by atoms with Crippen LogP contribution in [-0.2, 0) is 11.3 Å². The van der Waals surface area contributed by atoms with E-state index in [2.05, 4.69) is 36.1 Å². The van der Waals surface area contributed by atoms with Gasteiger partial charge in [0.1, 0.15) is 5.37 Å². The van der Waals surface area contributed by atoms with Gasteiger partial charge in [0.2, 0.25) is 0 Å². The van der Waals surface area contributed by atoms with E-state index >= 15 is 0 Å². The number of thioether (sulfide) groups is 1. The van der Waals surface area contributed by atoms with Gasteiger partial charge in [-0.15, -0.1) is 11.8 Å². The highest BCUT2D eigenvalue weighted by molar-refractivity contribution is 8.00. The minimum Gasteiger partial charge on any atom is -0.319 e. The zero-order valence-corrected chi connectivity index (χ0v) is 13.5. The summed E-state index contributed by atoms with van der Waals surface area (Å²) in [7, 11) is 0. The van der Waals surface area contributed by atoms with E-state index in [0.29, 0.717) is 5.91 Å². The number of carbonyl (C=O) groups is 1. The molecular formula is C18H23NOS. The molecule has 1 aliphatic carbocycles. The molecule has 0 unspecified atom stereocenters. The Labute approximate surface area is 131 Å². The Morgan fingerprint density at radius 1 is 1.19 bits per heavy atom. The van der Waals surface area contributed by atoms with Crippen molar-refractivity contribution >= 4 is 17.7 Å². The minimum absolute atomic E-state index is 0.285. The molecule has 0 radical (unpaired) electrons. The summed E-state index contributed by atoms with van der Waals surface area (Å²) in [5.74, 6) is 1.42. The van der Waals surface area contributed by atoms with Gasteiger partial charge in [0.25, 0.3) is 5.91 Å². The van der Waals surface area contributed by atoms with Crippen LogP contribution in [0.25, 0.3) is 0 Å². The first-order valence-corrected chi connectivity index (χ1v) is 9.04. The lowest BCUT2D eigenvalue weighted by atomic mass is 9.94. The highest BCUT2D eigenvalue weighted by Gasteiger charge is 2.39. The summed E-state index contributed by atoms with van der Waals surface area (Å²) in [5.41, 5.74) is 3.79. The third kappa shape index (κ3) is 3.03. The van der Waals surface area contributed by atoms with Crippen molar-refractivity contribution < 1.29 is 4.79 Å². The standard InChI is InChI=1S/C18H23NOS/c1-2-12-21-18-16-11-7-6-10-15(16)17(20)19(18)13-14-8-4-3-5-9-14/h3-5,8-9,18H,2,6-7,10-13H2,1H3/t18-/m1/s1. The molecule has 1 heterocycles. The molecule has 0 N–H and O–H groups in total. The van der Waals surface area contributed by atoms with Crippen molar-refractivity contribution in [2.45, 2.75) is 50.9 Å². The average Bonchev–Trinajstić information content (AvgIpc) is 2.79. The molecule has 1 aliphatic heterocycles. The Kier molecular flexibility index (Phi) is 4.69. The number of hydrogen-bond acceptors (Lipinski definition) is 2. The molecule has 0 aromatic heterocycles. The third-order valence-corrected chi connectivity index (χ3v) is 5.78. The van der Waals surface area contributed by atoms with Crippen LogP contribution in [0.2, 0.25) is 0 Å². The van der Waals surface area contributed by atoms with Crippen LogP contribution in [0, 0.1) is 0 Å². The molecule has 112 valence electrons. The predicted octanol–water partition coefficient (Wildman–Crippen LogP) is 4.37. The second-order valence-electron chi connectivity index (χ2n) is 5.85. The van der Waals surface area contributed by atoms with Crippen LogP contribution in [-0.4, -0.2) is 21.9 Å². The molecule has 21 heavy (non-hydrogen) atoms. The molecule has 0 bridgehead atoms. The largest absolute Gasteiger partial charge is 0.319 e. The monoisotopic (exact) mass is 301 g/mol. The fourth-order valence-electron chi connectivity index (χ4n) is 3.27. The van der Waals surface area contributed by atoms with E-state index in [1.165, 1.54) is 24.0 Å². The number of amides is 1. The van der Waals surface area contributed by atoms with Gasteiger partial charge in [0.15, 0.2) is 0 Å². The molecule has 0 saturated heterocycles. The van der Waals surface area contributed by atoms with Crippen molar-refractivity contribution in [3.63, 3.8) is 0 Å². The van der Waals surface area contributed by atoms with Crippen LogP contribution >= 0.6 is 11.8 Å². The Bertz CT molecular complexity index is 537. The highest BCUT2D eigenvalue weighted by Crippen LogP contribution is 2.41. The second kappa shape index (κ2) is 6.69. The summed E-state index contributed by atoms with van der Waals surface area (Å²) in [6.07, 6.45) is 5.69. The lowest BCUT2D eigenvalue weighted by Crippen LogP contribution is -2.33. The van der Waals surface area contributed by atoms with Gasteiger partial charge in [-0.1, -0.05) is 37.3 Å². The van der Waals surface area contributed by atoms with Crippen LogP contribution in [0.15, 0.2) is 41.5 Å². The van der Waals surface area contributed by atoms with Gasteiger partial charge >= 0.3 is 0 Å². The van der Waals surface area contributed by atoms with Gasteiger partial charge in [-0.05, 0) is 49.0 Å². The zero-order chi connectivity index (χ0) is 14.7. The zero-order valence-electron chi connectivity index (χ0n) is 12.7. The Hall–Kier alpha value is -1.22. The Morgan fingerprint density at radius 2 is 1.95 bits per heavy atom. The molecule has 3 heteroatoms. The van der Waals surface area contributed by atoms with Crippen molar-refractivity contribution in [3.05, 3.63) is 47.0 Å². The fraction of sp³-hybridized carbons (Fsp3) is 0.500. The van der Waals surface area contributed by atoms with E-state index in [1.54, 1.807) is 0 Å². The van der Waals surface area contributed by atoms with Crippen molar-refractivity contribution in [1.29, 1.82) is 0 Å². The number of hydrogen-bond donors (Lipinski definition) is 0. The maximum absolute atomic E-state index is 12.8. The quantitative estimate of drug-likeness (QED) is 0.805. The highest BCUT2D eigenvalue weighted by atomic mass is 32.2. The molecule has 1 aromatic rings. The summed E-state index contributed by atoms with van der Waals surface area (Å²) in [6.45, 7) is 2.95. The number of carbonyl (C=O) groups excluding carboxylic acids is 1. The number of nitrogens with zero attached hydrogens (tertiary/aromatic N) is 1. The fourth-order valence-corrected chi connectivity index (χ4v) is 4.54. The van der Waals surface area contributed by atoms with Crippen LogP contribution in [0.4, 0.5) is 0 Å². The average molecular weight is 301 g/mol. The summed E-state index contributed by atoms with van der Waals surface area (Å²) >= 11 is 1.95. The van der Waals surface area contributed by atoms with Gasteiger partial charge < -0.3 is 4.90 Å². The van der Waals surface area contributed by atoms with Crippen molar-refractivity contribution in [2.24, 2.45) is 0 Å². The molecule has 1 aromatic carbocycles. The van der Waals surface area contributed by atoms with E-state index in [9.17, 15) is 4.79 Å². The number of benzene rings is 1. The summed E-state index contributed by atoms with van der Waals surface area (Å²) in [4.78, 5) is 14.9. The SMILES string of the molecule is CCCS[C@@H]1C2=C(CCCC2)C(=O)N1Cc1ccccc1. The maximum Gasteiger partial charge on any atom is 0.251 e. The third-order valence-electron chi connectivity index (χ3n) is 4.29. The van der Waals surface area contributed by atoms with E-state index < -0.39 is 0 Å². The van der Waals surface area contributed by atoms with Crippen molar-refractivity contribution in [3.8, 4) is 0 Å². The molecule has 1 amide bonds. The van der Waals surface area contributed by atoms with Crippen LogP contribution in [0.5, 0.6) is 0 Å².